The van der Waals surface area contributed by atoms with E-state index >= 15 is 0 Å². The molecule has 7 heteroatoms. The molecule has 0 saturated carbocycles. The number of rotatable bonds is 0. The van der Waals surface area contributed by atoms with Gasteiger partial charge in [0.05, 0.1) is 0 Å². The molecule has 0 radical (unpaired) electrons. The zero-order valence-electron chi connectivity index (χ0n) is 9.04. The molecule has 0 aromatic carbocycles. The van der Waals surface area contributed by atoms with E-state index in [2.05, 4.69) is 29.6 Å². The predicted octanol–water partition coefficient (Wildman–Crippen LogP) is 1.40. The minimum atomic E-state index is -5.17. The molecule has 0 rings (SSSR count). The summed E-state index contributed by atoms with van der Waals surface area (Å²) in [4.78, 5) is 14.2. The molecule has 0 aromatic rings. The summed E-state index contributed by atoms with van der Waals surface area (Å²) in [7, 11) is -5.17. The fraction of sp³-hybridized carbons (Fsp3) is 1.00. The summed E-state index contributed by atoms with van der Waals surface area (Å²) in [6, 6.07) is 0. The van der Waals surface area contributed by atoms with E-state index in [9.17, 15) is 0 Å². The van der Waals surface area contributed by atoms with Gasteiger partial charge in [-0.25, -0.2) is 0 Å². The normalized spacial score (nSPS) is 8.62. The third-order valence-electron chi connectivity index (χ3n) is 0. The van der Waals surface area contributed by atoms with Crippen LogP contribution >= 0.6 is 0 Å². The molecule has 0 aliphatic heterocycles. The average Bonchev–Trinajstić information content (AvgIpc) is 1.50. The molecule has 0 atom stereocenters. The fourth-order valence-electron chi connectivity index (χ4n) is 0. The van der Waals surface area contributed by atoms with E-state index in [4.69, 9.17) is 17.5 Å². The van der Waals surface area contributed by atoms with Crippen LogP contribution in [0.25, 0.3) is 0 Å². The van der Waals surface area contributed by atoms with Gasteiger partial charge in [0.25, 0.3) is 0 Å². The van der Waals surface area contributed by atoms with Crippen molar-refractivity contribution < 1.29 is 17.5 Å². The Hall–Kier alpha value is 1.47. The summed E-state index contributed by atoms with van der Waals surface area (Å²) in [5.41, 5.74) is 0. The first-order valence-electron chi connectivity index (χ1n) is 3.67. The van der Waals surface area contributed by atoms with Crippen molar-refractivity contribution in [3.63, 3.8) is 0 Å². The van der Waals surface area contributed by atoms with Gasteiger partial charge in [-0.15, -0.1) is 0 Å². The molecule has 13 heavy (non-hydrogen) atoms. The molecule has 4 nitrogen and oxygen atoms in total. The van der Waals surface area contributed by atoms with Gasteiger partial charge in [0.2, 0.25) is 0 Å². The van der Waals surface area contributed by atoms with Crippen LogP contribution in [0.2, 0.25) is 29.6 Å². The molecule has 0 fully saturated rings. The van der Waals surface area contributed by atoms with Crippen LogP contribution in [0.3, 0.4) is 0 Å². The molecule has 0 unspecified atom stereocenters. The molecule has 0 spiro atoms. The molecule has 0 aromatic heterocycles. The maximum absolute atomic E-state index is 8.52. The fourth-order valence-corrected chi connectivity index (χ4v) is 0. The zero-order chi connectivity index (χ0) is 11.7. The average molecular weight is 424 g/mol. The van der Waals surface area contributed by atoms with E-state index in [1.54, 1.807) is 0 Å². The first-order chi connectivity index (χ1) is 5.46. The topological polar surface area (TPSA) is 80.3 Å². The van der Waals surface area contributed by atoms with Crippen molar-refractivity contribution in [1.82, 2.24) is 0 Å². The summed E-state index contributed by atoms with van der Waals surface area (Å²) < 4.78 is 34.1. The molecule has 0 aliphatic carbocycles. The molecule has 0 N–H and O–H groups in total. The van der Waals surface area contributed by atoms with Crippen molar-refractivity contribution in [3.8, 4) is 0 Å². The predicted molar refractivity (Wildman–Crippen MR) is 57.2 cm³/mol. The van der Waals surface area contributed by atoms with Gasteiger partial charge in [0.15, 0.2) is 0 Å². The Balaban J connectivity index is -0.000000117. The van der Waals surface area contributed by atoms with E-state index in [1.165, 1.54) is 0 Å². The second-order valence-electron chi connectivity index (χ2n) is 3.41. The third-order valence-corrected chi connectivity index (χ3v) is 0. The second kappa shape index (κ2) is 11.5. The molecule has 0 saturated heterocycles. The summed E-state index contributed by atoms with van der Waals surface area (Å²) in [5, 5.41) is 0. The van der Waals surface area contributed by atoms with Crippen LogP contribution in [0.5, 0.6) is 0 Å². The Bertz CT molecular complexity index is 158. The van der Waals surface area contributed by atoms with Crippen molar-refractivity contribution in [3.05, 3.63) is 0 Å². The number of hydrogen-bond acceptors (Lipinski definition) is 4. The van der Waals surface area contributed by atoms with Crippen molar-refractivity contribution in [2.45, 2.75) is 29.6 Å². The van der Waals surface area contributed by atoms with Gasteiger partial charge in [0.1, 0.15) is 0 Å². The quantitative estimate of drug-likeness (QED) is 0.335. The Morgan fingerprint density at radius 2 is 0.769 bits per heavy atom. The molecular weight excluding hydrogens is 406 g/mol. The van der Waals surface area contributed by atoms with Crippen molar-refractivity contribution in [2.24, 2.45) is 0 Å². The Labute approximate surface area is 96.2 Å². The van der Waals surface area contributed by atoms with Crippen LogP contribution < -0.4 is 0 Å². The van der Waals surface area contributed by atoms with E-state index in [1.807, 2.05) is 0 Å². The van der Waals surface area contributed by atoms with E-state index in [0.29, 0.717) is 0 Å². The minimum absolute atomic E-state index is 0.543. The molecule has 0 amide bonds. The first-order valence-corrected chi connectivity index (χ1v) is 22.1. The molecule has 80 valence electrons. The van der Waals surface area contributed by atoms with Crippen molar-refractivity contribution in [2.75, 3.05) is 0 Å². The SMILES string of the molecule is O=S(=O)([O-])[O-].[CH3][Sn+]([CH3])[CH3].[CH3][Sn+]([CH3])[CH3]. The van der Waals surface area contributed by atoms with E-state index in [-0.39, 0.29) is 0 Å². The summed E-state index contributed by atoms with van der Waals surface area (Å²) in [5.74, 6) is 0. The standard InChI is InChI=1S/6CH3.H2O4S.2Sn/c;;;;;;1-5(2,3)4;;/h6*1H3;(H2,1,2,3,4);;/q;;;;;;;2*+1/p-2. The molecule has 0 bridgehead atoms. The van der Waals surface area contributed by atoms with E-state index < -0.39 is 49.9 Å². The zero-order valence-corrected chi connectivity index (χ0v) is 15.6. The van der Waals surface area contributed by atoms with Crippen molar-refractivity contribution in [1.29, 1.82) is 0 Å². The van der Waals surface area contributed by atoms with Gasteiger partial charge in [-0.3, -0.25) is 8.42 Å². The first kappa shape index (κ1) is 20.0. The summed E-state index contributed by atoms with van der Waals surface area (Å²) >= 11 is -1.09. The van der Waals surface area contributed by atoms with Crippen LogP contribution in [0.4, 0.5) is 0 Å². The van der Waals surface area contributed by atoms with Gasteiger partial charge in [-0.1, -0.05) is 0 Å². The summed E-state index contributed by atoms with van der Waals surface area (Å²) in [6.45, 7) is 0. The van der Waals surface area contributed by atoms with Gasteiger partial charge in [0, 0.05) is 10.4 Å². The summed E-state index contributed by atoms with van der Waals surface area (Å²) in [6.07, 6.45) is 0. The number of hydrogen-bond donors (Lipinski definition) is 0. The Kier molecular flexibility index (Phi) is 17.7. The van der Waals surface area contributed by atoms with E-state index in [0.717, 1.165) is 0 Å². The Morgan fingerprint density at radius 1 is 0.769 bits per heavy atom. The van der Waals surface area contributed by atoms with Gasteiger partial charge in [-0.2, -0.15) is 0 Å². The molecular formula is C6H18O4SSn2. The molecule has 0 aliphatic rings. The maximum atomic E-state index is 8.52. The van der Waals surface area contributed by atoms with Gasteiger partial charge in [-0.05, 0) is 0 Å². The third kappa shape index (κ3) is 822. The Morgan fingerprint density at radius 3 is 0.769 bits per heavy atom. The van der Waals surface area contributed by atoms with Crippen LogP contribution in [-0.2, 0) is 10.4 Å². The van der Waals surface area contributed by atoms with Crippen LogP contribution in [0, 0.1) is 0 Å². The van der Waals surface area contributed by atoms with Crippen LogP contribution in [0.15, 0.2) is 0 Å². The second-order valence-corrected chi connectivity index (χ2v) is 21.3. The van der Waals surface area contributed by atoms with Crippen LogP contribution in [0.1, 0.15) is 0 Å². The van der Waals surface area contributed by atoms with Gasteiger partial charge < -0.3 is 9.11 Å². The van der Waals surface area contributed by atoms with Gasteiger partial charge >= 0.3 is 69.2 Å². The monoisotopic (exact) mass is 426 g/mol. The van der Waals surface area contributed by atoms with Crippen LogP contribution in [-0.4, -0.2) is 57.0 Å². The van der Waals surface area contributed by atoms with Crippen molar-refractivity contribution >= 4 is 49.9 Å². The molecule has 0 heterocycles.